The average molecular weight is 337 g/mol. The largest absolute Gasteiger partial charge is 0.454 e. The van der Waals surface area contributed by atoms with E-state index in [2.05, 4.69) is 49.1 Å². The van der Waals surface area contributed by atoms with E-state index in [1.165, 1.54) is 53.6 Å². The summed E-state index contributed by atoms with van der Waals surface area (Å²) in [4.78, 5) is 2.58. The maximum atomic E-state index is 5.62. The fourth-order valence-corrected chi connectivity index (χ4v) is 4.04. The van der Waals surface area contributed by atoms with Crippen molar-refractivity contribution in [2.24, 2.45) is 0 Å². The molecule has 0 aliphatic carbocycles. The van der Waals surface area contributed by atoms with E-state index in [9.17, 15) is 0 Å². The van der Waals surface area contributed by atoms with Crippen LogP contribution in [0.2, 0.25) is 0 Å². The number of hydrogen-bond acceptors (Lipinski definition) is 3. The number of fused-ring (bicyclic) bond motifs is 4. The van der Waals surface area contributed by atoms with Crippen molar-refractivity contribution in [2.45, 2.75) is 52.5 Å². The van der Waals surface area contributed by atoms with Crippen LogP contribution in [0, 0.1) is 0 Å². The van der Waals surface area contributed by atoms with Crippen LogP contribution in [-0.2, 0) is 13.0 Å². The predicted octanol–water partition coefficient (Wildman–Crippen LogP) is 5.55. The number of rotatable bonds is 6. The summed E-state index contributed by atoms with van der Waals surface area (Å²) in [7, 11) is 0. The summed E-state index contributed by atoms with van der Waals surface area (Å²) < 4.78 is 11.2. The van der Waals surface area contributed by atoms with Gasteiger partial charge in [-0.15, -0.1) is 0 Å². The third-order valence-electron chi connectivity index (χ3n) is 5.35. The van der Waals surface area contributed by atoms with Crippen LogP contribution in [0.5, 0.6) is 11.5 Å². The van der Waals surface area contributed by atoms with Gasteiger partial charge >= 0.3 is 0 Å². The normalized spacial score (nSPS) is 14.4. The second-order valence-corrected chi connectivity index (χ2v) is 7.01. The van der Waals surface area contributed by atoms with Crippen LogP contribution in [0.4, 0.5) is 5.69 Å². The molecule has 0 aromatic heterocycles. The molecule has 0 radical (unpaired) electrons. The first kappa shape index (κ1) is 16.3. The van der Waals surface area contributed by atoms with Crippen molar-refractivity contribution >= 4 is 5.69 Å². The fraction of sp³-hybridized carbons (Fsp3) is 0.455. The number of nitrogens with zero attached hydrogens (tertiary/aromatic N) is 1. The van der Waals surface area contributed by atoms with Gasteiger partial charge in [-0.3, -0.25) is 0 Å². The van der Waals surface area contributed by atoms with E-state index in [-0.39, 0.29) is 0 Å². The molecule has 0 atom stereocenters. The van der Waals surface area contributed by atoms with E-state index in [1.807, 2.05) is 0 Å². The summed E-state index contributed by atoms with van der Waals surface area (Å²) in [5.74, 6) is 1.77. The first-order chi connectivity index (χ1) is 12.3. The van der Waals surface area contributed by atoms with Crippen molar-refractivity contribution in [1.82, 2.24) is 0 Å². The van der Waals surface area contributed by atoms with Crippen LogP contribution in [0.3, 0.4) is 0 Å². The summed E-state index contributed by atoms with van der Waals surface area (Å²) in [5.41, 5.74) is 6.86. The van der Waals surface area contributed by atoms with Gasteiger partial charge in [-0.25, -0.2) is 0 Å². The molecule has 0 fully saturated rings. The fourth-order valence-electron chi connectivity index (χ4n) is 4.04. The lowest BCUT2D eigenvalue weighted by atomic mass is 9.90. The molecule has 2 aliphatic heterocycles. The molecule has 0 unspecified atom stereocenters. The average Bonchev–Trinajstić information content (AvgIpc) is 3.10. The zero-order valence-electron chi connectivity index (χ0n) is 15.3. The number of para-hydroxylation sites is 1. The number of ether oxygens (including phenoxy) is 2. The van der Waals surface area contributed by atoms with Gasteiger partial charge in [-0.2, -0.15) is 0 Å². The van der Waals surface area contributed by atoms with E-state index in [4.69, 9.17) is 9.47 Å². The second-order valence-electron chi connectivity index (χ2n) is 7.01. The van der Waals surface area contributed by atoms with E-state index < -0.39 is 0 Å². The maximum Gasteiger partial charge on any atom is 0.231 e. The van der Waals surface area contributed by atoms with Crippen LogP contribution in [0.15, 0.2) is 30.3 Å². The Hall–Kier alpha value is -2.16. The van der Waals surface area contributed by atoms with Gasteiger partial charge in [0.1, 0.15) is 0 Å². The second kappa shape index (κ2) is 6.99. The molecule has 3 heteroatoms. The SMILES string of the molecule is CCCCCCN1Cc2cc3c(cc2-c2cccc(CC)c21)OCO3. The molecular weight excluding hydrogens is 310 g/mol. The standard InChI is InChI=1S/C22H27NO2/c1-3-5-6-7-11-23-14-17-12-20-21(25-15-24-20)13-19(17)18-10-8-9-16(4-2)22(18)23/h8-10,12-13H,3-7,11,14-15H2,1-2H3. The molecule has 0 amide bonds. The van der Waals surface area contributed by atoms with Crippen LogP contribution in [0.1, 0.15) is 50.7 Å². The Labute approximate surface area is 150 Å². The third-order valence-corrected chi connectivity index (χ3v) is 5.35. The monoisotopic (exact) mass is 337 g/mol. The van der Waals surface area contributed by atoms with Crippen LogP contribution >= 0.6 is 0 Å². The number of benzene rings is 2. The zero-order chi connectivity index (χ0) is 17.2. The quantitative estimate of drug-likeness (QED) is 0.646. The minimum absolute atomic E-state index is 0.334. The van der Waals surface area contributed by atoms with E-state index >= 15 is 0 Å². The summed E-state index contributed by atoms with van der Waals surface area (Å²) >= 11 is 0. The predicted molar refractivity (Wildman–Crippen MR) is 103 cm³/mol. The van der Waals surface area contributed by atoms with E-state index in [0.717, 1.165) is 31.0 Å². The van der Waals surface area contributed by atoms with Crippen LogP contribution < -0.4 is 14.4 Å². The minimum Gasteiger partial charge on any atom is -0.454 e. The molecule has 3 nitrogen and oxygen atoms in total. The maximum absolute atomic E-state index is 5.62. The Bertz CT molecular complexity index is 769. The summed E-state index contributed by atoms with van der Waals surface area (Å²) in [5, 5.41) is 0. The molecule has 0 spiro atoms. The van der Waals surface area contributed by atoms with Gasteiger partial charge in [0, 0.05) is 24.3 Å². The highest BCUT2D eigenvalue weighted by molar-refractivity contribution is 5.87. The molecule has 132 valence electrons. The lowest BCUT2D eigenvalue weighted by Crippen LogP contribution is -2.28. The summed E-state index contributed by atoms with van der Waals surface area (Å²) in [6.07, 6.45) is 6.23. The molecule has 25 heavy (non-hydrogen) atoms. The molecular formula is C22H27NO2. The van der Waals surface area contributed by atoms with Gasteiger partial charge < -0.3 is 14.4 Å². The lowest BCUT2D eigenvalue weighted by Gasteiger charge is -2.35. The van der Waals surface area contributed by atoms with E-state index in [0.29, 0.717) is 6.79 Å². The Morgan fingerprint density at radius 2 is 1.80 bits per heavy atom. The first-order valence-corrected chi connectivity index (χ1v) is 9.61. The zero-order valence-corrected chi connectivity index (χ0v) is 15.3. The smallest absolute Gasteiger partial charge is 0.231 e. The van der Waals surface area contributed by atoms with Gasteiger partial charge in [-0.05, 0) is 41.7 Å². The Kier molecular flexibility index (Phi) is 4.56. The molecule has 2 aliphatic rings. The lowest BCUT2D eigenvalue weighted by molar-refractivity contribution is 0.174. The number of aryl methyl sites for hydroxylation is 1. The van der Waals surface area contributed by atoms with Crippen LogP contribution in [-0.4, -0.2) is 13.3 Å². The first-order valence-electron chi connectivity index (χ1n) is 9.61. The Morgan fingerprint density at radius 3 is 2.60 bits per heavy atom. The van der Waals surface area contributed by atoms with Gasteiger partial charge in [0.2, 0.25) is 6.79 Å². The van der Waals surface area contributed by atoms with Gasteiger partial charge in [0.25, 0.3) is 0 Å². The number of unbranched alkanes of at least 4 members (excludes halogenated alkanes) is 3. The molecule has 2 heterocycles. The molecule has 4 rings (SSSR count). The van der Waals surface area contributed by atoms with Crippen molar-refractivity contribution in [2.75, 3.05) is 18.2 Å². The van der Waals surface area contributed by atoms with Gasteiger partial charge in [0.05, 0.1) is 0 Å². The van der Waals surface area contributed by atoms with Crippen molar-refractivity contribution in [1.29, 1.82) is 0 Å². The molecule has 0 saturated heterocycles. The Morgan fingerprint density at radius 1 is 0.960 bits per heavy atom. The highest BCUT2D eigenvalue weighted by Crippen LogP contribution is 2.46. The molecule has 2 aromatic carbocycles. The number of anilines is 1. The molecule has 0 N–H and O–H groups in total. The summed E-state index contributed by atoms with van der Waals surface area (Å²) in [6, 6.07) is 11.1. The minimum atomic E-state index is 0.334. The number of hydrogen-bond donors (Lipinski definition) is 0. The summed E-state index contributed by atoms with van der Waals surface area (Å²) in [6.45, 7) is 6.94. The molecule has 0 bridgehead atoms. The van der Waals surface area contributed by atoms with Crippen molar-refractivity contribution in [3.05, 3.63) is 41.5 Å². The Balaban J connectivity index is 1.73. The van der Waals surface area contributed by atoms with Gasteiger partial charge in [-0.1, -0.05) is 51.3 Å². The topological polar surface area (TPSA) is 21.7 Å². The van der Waals surface area contributed by atoms with Crippen molar-refractivity contribution in [3.8, 4) is 22.6 Å². The van der Waals surface area contributed by atoms with Crippen molar-refractivity contribution < 1.29 is 9.47 Å². The highest BCUT2D eigenvalue weighted by Gasteiger charge is 2.27. The van der Waals surface area contributed by atoms with Crippen molar-refractivity contribution in [3.63, 3.8) is 0 Å². The third kappa shape index (κ3) is 2.97. The molecule has 0 saturated carbocycles. The van der Waals surface area contributed by atoms with Gasteiger partial charge in [0.15, 0.2) is 11.5 Å². The van der Waals surface area contributed by atoms with Crippen LogP contribution in [0.25, 0.3) is 11.1 Å². The van der Waals surface area contributed by atoms with E-state index in [1.54, 1.807) is 0 Å². The highest BCUT2D eigenvalue weighted by atomic mass is 16.7. The molecule has 2 aromatic rings.